The van der Waals surface area contributed by atoms with Crippen LogP contribution in [0.5, 0.6) is 0 Å². The number of aliphatic hydroxyl groups is 1. The van der Waals surface area contributed by atoms with E-state index in [-0.39, 0.29) is 11.5 Å². The maximum absolute atomic E-state index is 10.6. The first kappa shape index (κ1) is 23.1. The van der Waals surface area contributed by atoms with Crippen LogP contribution in [-0.4, -0.2) is 38.1 Å². The first-order valence-corrected chi connectivity index (χ1v) is 12.2. The van der Waals surface area contributed by atoms with Gasteiger partial charge in [-0.1, -0.05) is 17.7 Å². The van der Waals surface area contributed by atoms with Crippen LogP contribution >= 0.6 is 11.6 Å². The number of pyridine rings is 2. The van der Waals surface area contributed by atoms with E-state index >= 15 is 0 Å². The van der Waals surface area contributed by atoms with Crippen molar-refractivity contribution in [2.24, 2.45) is 11.1 Å². The van der Waals surface area contributed by atoms with Crippen molar-refractivity contribution in [3.05, 3.63) is 63.5 Å². The number of hydrogen-bond acceptors (Lipinski definition) is 7. The Morgan fingerprint density at radius 3 is 2.59 bits per heavy atom. The minimum atomic E-state index is -0.760. The number of nitrogens with zero attached hydrogens (tertiary/aromatic N) is 5. The first-order chi connectivity index (χ1) is 16.2. The van der Waals surface area contributed by atoms with Gasteiger partial charge in [0.05, 0.1) is 28.2 Å². The number of aromatic nitrogens is 4. The highest BCUT2D eigenvalue weighted by Gasteiger charge is 2.47. The molecule has 4 heterocycles. The van der Waals surface area contributed by atoms with E-state index in [1.807, 2.05) is 26.1 Å². The molecule has 8 heteroatoms. The highest BCUT2D eigenvalue weighted by atomic mass is 35.5. The van der Waals surface area contributed by atoms with Crippen molar-refractivity contribution in [1.82, 2.24) is 19.9 Å². The molecular formula is C26H31ClN6O. The van der Waals surface area contributed by atoms with E-state index < -0.39 is 6.10 Å². The van der Waals surface area contributed by atoms with Gasteiger partial charge in [-0.3, -0.25) is 9.97 Å². The van der Waals surface area contributed by atoms with E-state index in [9.17, 15) is 5.11 Å². The van der Waals surface area contributed by atoms with Crippen molar-refractivity contribution < 1.29 is 5.11 Å². The zero-order valence-corrected chi connectivity index (χ0v) is 20.9. The molecule has 34 heavy (non-hydrogen) atoms. The smallest absolute Gasteiger partial charge is 0.153 e. The van der Waals surface area contributed by atoms with Gasteiger partial charge in [0.15, 0.2) is 5.82 Å². The Morgan fingerprint density at radius 1 is 1.15 bits per heavy atom. The van der Waals surface area contributed by atoms with E-state index in [0.29, 0.717) is 16.4 Å². The molecule has 1 fully saturated rings. The molecule has 2 atom stereocenters. The van der Waals surface area contributed by atoms with Crippen molar-refractivity contribution in [3.63, 3.8) is 0 Å². The van der Waals surface area contributed by atoms with Gasteiger partial charge in [0, 0.05) is 42.8 Å². The van der Waals surface area contributed by atoms with Crippen LogP contribution < -0.4 is 10.6 Å². The lowest BCUT2D eigenvalue weighted by Gasteiger charge is -2.43. The second kappa shape index (κ2) is 8.56. The minimum absolute atomic E-state index is 0.000513. The molecule has 1 aliphatic heterocycles. The van der Waals surface area contributed by atoms with Crippen LogP contribution in [0.25, 0.3) is 11.3 Å². The Hall–Kier alpha value is -2.61. The number of piperidine rings is 1. The van der Waals surface area contributed by atoms with E-state index in [0.717, 1.165) is 66.4 Å². The first-order valence-electron chi connectivity index (χ1n) is 11.8. The topological polar surface area (TPSA) is 101 Å². The van der Waals surface area contributed by atoms with Crippen LogP contribution in [0.4, 0.5) is 5.82 Å². The van der Waals surface area contributed by atoms with Gasteiger partial charge in [-0.2, -0.15) is 0 Å². The van der Waals surface area contributed by atoms with Gasteiger partial charge in [-0.15, -0.1) is 0 Å². The average molecular weight is 479 g/mol. The van der Waals surface area contributed by atoms with Crippen molar-refractivity contribution in [2.45, 2.75) is 59.1 Å². The number of aryl methyl sites for hydroxylation is 3. The number of nitrogens with two attached hydrogens (primary N) is 1. The van der Waals surface area contributed by atoms with Crippen molar-refractivity contribution in [2.75, 3.05) is 18.0 Å². The summed E-state index contributed by atoms with van der Waals surface area (Å²) in [5, 5.41) is 11.2. The SMILES string of the molecule is Cc1cnc2c(c1)[C@@H](N)C1(CCN(c3nc(C)c(-c4ccnc(C)c4Cl)nc3C(C)O)CC1)C2. The molecule has 1 unspecified atom stereocenters. The number of anilines is 1. The summed E-state index contributed by atoms with van der Waals surface area (Å²) < 4.78 is 0. The number of hydrogen-bond donors (Lipinski definition) is 2. The van der Waals surface area contributed by atoms with Crippen LogP contribution in [0.15, 0.2) is 24.5 Å². The third-order valence-corrected chi connectivity index (χ3v) is 7.98. The van der Waals surface area contributed by atoms with Crippen molar-refractivity contribution in [1.29, 1.82) is 0 Å². The molecule has 0 radical (unpaired) electrons. The molecule has 0 amide bonds. The molecule has 1 spiro atoms. The molecule has 5 rings (SSSR count). The maximum atomic E-state index is 10.6. The molecule has 0 bridgehead atoms. The fourth-order valence-corrected chi connectivity index (χ4v) is 5.68. The molecule has 1 aliphatic carbocycles. The largest absolute Gasteiger partial charge is 0.387 e. The second-order valence-corrected chi connectivity index (χ2v) is 10.2. The fraction of sp³-hybridized carbons (Fsp3) is 0.462. The van der Waals surface area contributed by atoms with Crippen LogP contribution in [-0.2, 0) is 6.42 Å². The van der Waals surface area contributed by atoms with Crippen molar-refractivity contribution >= 4 is 17.4 Å². The molecule has 3 N–H and O–H groups in total. The predicted octanol–water partition coefficient (Wildman–Crippen LogP) is 4.41. The third-order valence-electron chi connectivity index (χ3n) is 7.51. The van der Waals surface area contributed by atoms with Crippen LogP contribution in [0.2, 0.25) is 5.02 Å². The van der Waals surface area contributed by atoms with Gasteiger partial charge >= 0.3 is 0 Å². The summed E-state index contributed by atoms with van der Waals surface area (Å²) in [6.45, 7) is 9.22. The summed E-state index contributed by atoms with van der Waals surface area (Å²) in [4.78, 5) is 21.0. The zero-order chi connectivity index (χ0) is 24.2. The molecule has 7 nitrogen and oxygen atoms in total. The van der Waals surface area contributed by atoms with E-state index in [4.69, 9.17) is 27.3 Å². The average Bonchev–Trinajstić information content (AvgIpc) is 3.07. The summed E-state index contributed by atoms with van der Waals surface area (Å²) in [5.41, 5.74) is 13.8. The number of fused-ring (bicyclic) bond motifs is 1. The number of halogens is 1. The number of rotatable bonds is 3. The van der Waals surface area contributed by atoms with Gasteiger partial charge in [0.1, 0.15) is 5.69 Å². The van der Waals surface area contributed by atoms with Gasteiger partial charge in [0.25, 0.3) is 0 Å². The van der Waals surface area contributed by atoms with Gasteiger partial charge in [-0.05, 0) is 69.6 Å². The lowest BCUT2D eigenvalue weighted by Crippen LogP contribution is -2.45. The molecule has 0 aromatic carbocycles. The normalized spacial score (nSPS) is 20.0. The van der Waals surface area contributed by atoms with Crippen LogP contribution in [0.3, 0.4) is 0 Å². The highest BCUT2D eigenvalue weighted by molar-refractivity contribution is 6.33. The fourth-order valence-electron chi connectivity index (χ4n) is 5.48. The predicted molar refractivity (Wildman–Crippen MR) is 134 cm³/mol. The lowest BCUT2D eigenvalue weighted by molar-refractivity contribution is 0.182. The Balaban J connectivity index is 1.44. The molecule has 178 valence electrons. The van der Waals surface area contributed by atoms with Crippen molar-refractivity contribution in [3.8, 4) is 11.3 Å². The third kappa shape index (κ3) is 3.76. The molecule has 2 aliphatic rings. The summed E-state index contributed by atoms with van der Waals surface area (Å²) >= 11 is 6.53. The lowest BCUT2D eigenvalue weighted by atomic mass is 9.73. The van der Waals surface area contributed by atoms with Crippen LogP contribution in [0.1, 0.15) is 65.8 Å². The minimum Gasteiger partial charge on any atom is -0.387 e. The summed E-state index contributed by atoms with van der Waals surface area (Å²) in [7, 11) is 0. The summed E-state index contributed by atoms with van der Waals surface area (Å²) in [5.74, 6) is 0.742. The Kier molecular flexibility index (Phi) is 5.82. The monoisotopic (exact) mass is 478 g/mol. The summed E-state index contributed by atoms with van der Waals surface area (Å²) in [6.07, 6.45) is 5.71. The van der Waals surface area contributed by atoms with Gasteiger partial charge in [-0.25, -0.2) is 9.97 Å². The summed E-state index contributed by atoms with van der Waals surface area (Å²) in [6, 6.07) is 4.04. The molecule has 3 aromatic heterocycles. The second-order valence-electron chi connectivity index (χ2n) is 9.85. The standard InChI is InChI=1S/C26H31ClN6O/c1-14-11-19-20(30-13-14)12-26(24(19)28)6-9-33(10-7-26)25-23(17(4)34)32-22(16(3)31-25)18-5-8-29-15(2)21(18)27/h5,8,11,13,17,24,34H,6-7,9-10,12,28H2,1-4H3/t17?,24-/m1/s1. The number of aliphatic hydroxyl groups excluding tert-OH is 1. The van der Waals surface area contributed by atoms with Crippen LogP contribution in [0, 0.1) is 26.2 Å². The molecule has 0 saturated carbocycles. The zero-order valence-electron chi connectivity index (χ0n) is 20.1. The van der Waals surface area contributed by atoms with Gasteiger partial charge < -0.3 is 15.7 Å². The quantitative estimate of drug-likeness (QED) is 0.575. The van der Waals surface area contributed by atoms with E-state index in [2.05, 4.69) is 27.9 Å². The molecular weight excluding hydrogens is 448 g/mol. The highest BCUT2D eigenvalue weighted by Crippen LogP contribution is 2.51. The van der Waals surface area contributed by atoms with Gasteiger partial charge in [0.2, 0.25) is 0 Å². The maximum Gasteiger partial charge on any atom is 0.153 e. The Bertz CT molecular complexity index is 1250. The Labute approximate surface area is 205 Å². The van der Waals surface area contributed by atoms with E-state index in [1.165, 1.54) is 5.56 Å². The Morgan fingerprint density at radius 2 is 1.88 bits per heavy atom. The molecule has 1 saturated heterocycles. The molecule has 3 aromatic rings. The van der Waals surface area contributed by atoms with E-state index in [1.54, 1.807) is 13.1 Å².